The molecule has 4 N–H and O–H groups in total. The maximum absolute atomic E-state index is 6.12. The molecule has 1 heterocycles. The Morgan fingerprint density at radius 2 is 2.00 bits per heavy atom. The molecule has 0 aliphatic rings. The van der Waals surface area contributed by atoms with E-state index >= 15 is 0 Å². The summed E-state index contributed by atoms with van der Waals surface area (Å²) < 4.78 is 0. The summed E-state index contributed by atoms with van der Waals surface area (Å²) in [4.78, 5) is 8.38. The van der Waals surface area contributed by atoms with Gasteiger partial charge in [-0.1, -0.05) is 24.6 Å². The normalized spacial score (nSPS) is 12.0. The van der Waals surface area contributed by atoms with Gasteiger partial charge >= 0.3 is 0 Å². The average Bonchev–Trinajstić information content (AvgIpc) is 2.47. The number of anilines is 4. The molecule has 0 saturated carbocycles. The predicted molar refractivity (Wildman–Crippen MR) is 89.3 cm³/mol. The molecule has 2 rings (SSSR count). The van der Waals surface area contributed by atoms with Crippen molar-refractivity contribution in [2.45, 2.75) is 33.2 Å². The van der Waals surface area contributed by atoms with Crippen LogP contribution >= 0.6 is 11.6 Å². The highest BCUT2D eigenvalue weighted by atomic mass is 35.5. The average molecular weight is 306 g/mol. The summed E-state index contributed by atoms with van der Waals surface area (Å²) in [6.45, 7) is 6.14. The highest BCUT2D eigenvalue weighted by Crippen LogP contribution is 2.28. The van der Waals surface area contributed by atoms with Crippen LogP contribution in [0.1, 0.15) is 25.8 Å². The first-order valence-corrected chi connectivity index (χ1v) is 7.29. The van der Waals surface area contributed by atoms with E-state index in [1.807, 2.05) is 25.1 Å². The number of aromatic nitrogens is 2. The fourth-order valence-electron chi connectivity index (χ4n) is 1.75. The summed E-state index contributed by atoms with van der Waals surface area (Å²) in [5, 5.41) is 7.14. The molecular weight excluding hydrogens is 286 g/mol. The second-order valence-corrected chi connectivity index (χ2v) is 5.43. The molecule has 0 bridgehead atoms. The molecule has 112 valence electrons. The van der Waals surface area contributed by atoms with E-state index in [-0.39, 0.29) is 0 Å². The van der Waals surface area contributed by atoms with Crippen molar-refractivity contribution >= 4 is 34.6 Å². The molecule has 0 spiro atoms. The SMILES string of the molecule is CCC(C)Nc1ncnc(Nc2ccc(C)c(Cl)c2)c1N. The Morgan fingerprint density at radius 3 is 2.67 bits per heavy atom. The van der Waals surface area contributed by atoms with Gasteiger partial charge in [-0.2, -0.15) is 0 Å². The van der Waals surface area contributed by atoms with E-state index in [2.05, 4.69) is 34.4 Å². The molecule has 0 amide bonds. The molecule has 2 aromatic rings. The molecule has 1 aromatic heterocycles. The second kappa shape index (κ2) is 6.63. The van der Waals surface area contributed by atoms with Crippen LogP contribution in [0.4, 0.5) is 23.0 Å². The fourth-order valence-corrected chi connectivity index (χ4v) is 1.93. The van der Waals surface area contributed by atoms with Crippen LogP contribution in [0.15, 0.2) is 24.5 Å². The van der Waals surface area contributed by atoms with Gasteiger partial charge < -0.3 is 16.4 Å². The van der Waals surface area contributed by atoms with Gasteiger partial charge in [-0.25, -0.2) is 9.97 Å². The zero-order valence-electron chi connectivity index (χ0n) is 12.4. The lowest BCUT2D eigenvalue weighted by Crippen LogP contribution is -2.16. The Hall–Kier alpha value is -2.01. The van der Waals surface area contributed by atoms with Gasteiger partial charge in [0.05, 0.1) is 0 Å². The van der Waals surface area contributed by atoms with Crippen molar-refractivity contribution in [1.29, 1.82) is 0 Å². The van der Waals surface area contributed by atoms with Crippen molar-refractivity contribution in [3.63, 3.8) is 0 Å². The number of hydrogen-bond donors (Lipinski definition) is 3. The van der Waals surface area contributed by atoms with Gasteiger partial charge in [0, 0.05) is 16.8 Å². The van der Waals surface area contributed by atoms with E-state index in [9.17, 15) is 0 Å². The number of nitrogens with one attached hydrogen (secondary N) is 2. The van der Waals surface area contributed by atoms with Gasteiger partial charge in [-0.15, -0.1) is 0 Å². The summed E-state index contributed by atoms with van der Waals surface area (Å²) in [5.41, 5.74) is 8.48. The second-order valence-electron chi connectivity index (χ2n) is 5.03. The number of hydrogen-bond acceptors (Lipinski definition) is 5. The molecule has 5 nitrogen and oxygen atoms in total. The number of aryl methyl sites for hydroxylation is 1. The summed E-state index contributed by atoms with van der Waals surface area (Å²) in [5.74, 6) is 1.20. The van der Waals surface area contributed by atoms with Gasteiger partial charge in [-0.3, -0.25) is 0 Å². The van der Waals surface area contributed by atoms with Crippen LogP contribution in [-0.2, 0) is 0 Å². The molecule has 0 radical (unpaired) electrons. The van der Waals surface area contributed by atoms with E-state index in [0.29, 0.717) is 28.4 Å². The fraction of sp³-hybridized carbons (Fsp3) is 0.333. The van der Waals surface area contributed by atoms with Crippen molar-refractivity contribution in [1.82, 2.24) is 9.97 Å². The zero-order valence-corrected chi connectivity index (χ0v) is 13.2. The number of halogens is 1. The molecular formula is C15H20ClN5. The number of benzene rings is 1. The van der Waals surface area contributed by atoms with E-state index in [0.717, 1.165) is 17.7 Å². The monoisotopic (exact) mass is 305 g/mol. The predicted octanol–water partition coefficient (Wildman–Crippen LogP) is 3.97. The Bertz CT molecular complexity index is 629. The molecule has 0 aliphatic carbocycles. The molecule has 0 saturated heterocycles. The Morgan fingerprint density at radius 1 is 1.29 bits per heavy atom. The zero-order chi connectivity index (χ0) is 15.4. The van der Waals surface area contributed by atoms with Crippen LogP contribution in [0.2, 0.25) is 5.02 Å². The quantitative estimate of drug-likeness (QED) is 0.779. The highest BCUT2D eigenvalue weighted by molar-refractivity contribution is 6.31. The summed E-state index contributed by atoms with van der Waals surface area (Å²) in [6.07, 6.45) is 2.47. The summed E-state index contributed by atoms with van der Waals surface area (Å²) in [7, 11) is 0. The Balaban J connectivity index is 2.23. The van der Waals surface area contributed by atoms with Crippen LogP contribution in [-0.4, -0.2) is 16.0 Å². The lowest BCUT2D eigenvalue weighted by atomic mass is 10.2. The van der Waals surface area contributed by atoms with E-state index in [1.54, 1.807) is 0 Å². The number of rotatable bonds is 5. The smallest absolute Gasteiger partial charge is 0.159 e. The first-order chi connectivity index (χ1) is 10.0. The van der Waals surface area contributed by atoms with Crippen molar-refractivity contribution in [3.05, 3.63) is 35.1 Å². The molecule has 0 fully saturated rings. The highest BCUT2D eigenvalue weighted by Gasteiger charge is 2.10. The van der Waals surface area contributed by atoms with E-state index in [1.165, 1.54) is 6.33 Å². The minimum Gasteiger partial charge on any atom is -0.393 e. The largest absolute Gasteiger partial charge is 0.393 e. The lowest BCUT2D eigenvalue weighted by molar-refractivity contribution is 0.759. The number of nitrogens with two attached hydrogens (primary N) is 1. The van der Waals surface area contributed by atoms with Gasteiger partial charge in [0.2, 0.25) is 0 Å². The first kappa shape index (κ1) is 15.4. The molecule has 1 aromatic carbocycles. The summed E-state index contributed by atoms with van der Waals surface area (Å²) >= 11 is 6.12. The standard InChI is InChI=1S/C15H20ClN5/c1-4-10(3)20-14-13(17)15(19-8-18-14)21-11-6-5-9(2)12(16)7-11/h5-8,10H,4,17H2,1-3H3,(H2,18,19,20,21). The maximum Gasteiger partial charge on any atom is 0.159 e. The molecule has 1 atom stereocenters. The third kappa shape index (κ3) is 3.76. The maximum atomic E-state index is 6.12. The lowest BCUT2D eigenvalue weighted by Gasteiger charge is -2.16. The van der Waals surface area contributed by atoms with Crippen LogP contribution in [0.25, 0.3) is 0 Å². The number of nitrogens with zero attached hydrogens (tertiary/aromatic N) is 2. The third-order valence-electron chi connectivity index (χ3n) is 3.31. The summed E-state index contributed by atoms with van der Waals surface area (Å²) in [6, 6.07) is 6.02. The molecule has 21 heavy (non-hydrogen) atoms. The van der Waals surface area contributed by atoms with Crippen molar-refractivity contribution in [2.75, 3.05) is 16.4 Å². The Labute approximate surface area is 129 Å². The minimum atomic E-state index is 0.295. The first-order valence-electron chi connectivity index (χ1n) is 6.91. The van der Waals surface area contributed by atoms with Gasteiger partial charge in [0.25, 0.3) is 0 Å². The van der Waals surface area contributed by atoms with Gasteiger partial charge in [0.15, 0.2) is 11.6 Å². The van der Waals surface area contributed by atoms with Crippen molar-refractivity contribution in [2.24, 2.45) is 0 Å². The minimum absolute atomic E-state index is 0.295. The molecule has 1 unspecified atom stereocenters. The van der Waals surface area contributed by atoms with Crippen molar-refractivity contribution in [3.8, 4) is 0 Å². The molecule has 0 aliphatic heterocycles. The third-order valence-corrected chi connectivity index (χ3v) is 3.72. The van der Waals surface area contributed by atoms with Crippen molar-refractivity contribution < 1.29 is 0 Å². The van der Waals surface area contributed by atoms with E-state index < -0.39 is 0 Å². The van der Waals surface area contributed by atoms with Gasteiger partial charge in [-0.05, 0) is 38.0 Å². The van der Waals surface area contributed by atoms with Gasteiger partial charge in [0.1, 0.15) is 12.0 Å². The molecule has 6 heteroatoms. The topological polar surface area (TPSA) is 75.9 Å². The number of nitrogen functional groups attached to an aromatic ring is 1. The van der Waals surface area contributed by atoms with E-state index in [4.69, 9.17) is 17.3 Å². The van der Waals surface area contributed by atoms with Crippen LogP contribution in [0.3, 0.4) is 0 Å². The van der Waals surface area contributed by atoms with Crippen LogP contribution in [0, 0.1) is 6.92 Å². The van der Waals surface area contributed by atoms with Crippen LogP contribution < -0.4 is 16.4 Å². The van der Waals surface area contributed by atoms with Crippen LogP contribution in [0.5, 0.6) is 0 Å². The Kier molecular flexibility index (Phi) is 4.85.